The average molecular weight is 196 g/mol. The number of primary amides is 1. The molecule has 1 saturated carbocycles. The Labute approximate surface area is 85.4 Å². The molecule has 14 heavy (non-hydrogen) atoms. The Morgan fingerprint density at radius 1 is 1.43 bits per heavy atom. The van der Waals surface area contributed by atoms with Gasteiger partial charge in [-0.15, -0.1) is 0 Å². The molecule has 2 aliphatic rings. The lowest BCUT2D eigenvalue weighted by Crippen LogP contribution is -2.37. The Balaban J connectivity index is 2.20. The summed E-state index contributed by atoms with van der Waals surface area (Å²) < 4.78 is 0. The highest BCUT2D eigenvalue weighted by Crippen LogP contribution is 2.54. The fraction of sp³-hybridized carbons (Fsp3) is 0.909. The van der Waals surface area contributed by atoms with Gasteiger partial charge in [0.25, 0.3) is 0 Å². The van der Waals surface area contributed by atoms with Gasteiger partial charge in [-0.2, -0.15) is 0 Å². The quantitative estimate of drug-likeness (QED) is 0.654. The largest absolute Gasteiger partial charge is 0.369 e. The molecule has 1 heterocycles. The van der Waals surface area contributed by atoms with Gasteiger partial charge in [-0.25, -0.2) is 0 Å². The van der Waals surface area contributed by atoms with E-state index in [1.165, 1.54) is 6.42 Å². The molecule has 0 aromatic heterocycles. The molecule has 0 radical (unpaired) electrons. The van der Waals surface area contributed by atoms with Crippen molar-refractivity contribution in [2.75, 3.05) is 13.1 Å². The number of rotatable bonds is 1. The van der Waals surface area contributed by atoms with E-state index in [2.05, 4.69) is 19.2 Å². The standard InChI is InChI=1S/C11H20N2O/c1-10(2)3-4-11(6-10)7-13-5-8(11)9(12)14/h8,13H,3-7H2,1-2H3,(H2,12,14). The van der Waals surface area contributed by atoms with E-state index in [1.54, 1.807) is 0 Å². The molecule has 80 valence electrons. The molecule has 2 atom stereocenters. The smallest absolute Gasteiger partial charge is 0.222 e. The van der Waals surface area contributed by atoms with E-state index in [4.69, 9.17) is 5.73 Å². The number of carbonyl (C=O) groups excluding carboxylic acids is 1. The summed E-state index contributed by atoms with van der Waals surface area (Å²) in [5, 5.41) is 3.32. The van der Waals surface area contributed by atoms with Crippen LogP contribution in [0.15, 0.2) is 0 Å². The van der Waals surface area contributed by atoms with Crippen molar-refractivity contribution in [1.82, 2.24) is 5.32 Å². The molecule has 0 aromatic rings. The number of nitrogens with two attached hydrogens (primary N) is 1. The topological polar surface area (TPSA) is 55.1 Å². The van der Waals surface area contributed by atoms with Crippen LogP contribution in [-0.2, 0) is 4.79 Å². The highest BCUT2D eigenvalue weighted by Gasteiger charge is 2.52. The molecule has 2 unspecified atom stereocenters. The summed E-state index contributed by atoms with van der Waals surface area (Å²) in [5.41, 5.74) is 6.03. The summed E-state index contributed by atoms with van der Waals surface area (Å²) in [6, 6.07) is 0. The third-order valence-electron chi connectivity index (χ3n) is 4.04. The number of hydrogen-bond acceptors (Lipinski definition) is 2. The van der Waals surface area contributed by atoms with Crippen LogP contribution < -0.4 is 11.1 Å². The van der Waals surface area contributed by atoms with Crippen LogP contribution in [-0.4, -0.2) is 19.0 Å². The first kappa shape index (κ1) is 9.97. The van der Waals surface area contributed by atoms with Gasteiger partial charge >= 0.3 is 0 Å². The second-order valence-electron chi connectivity index (χ2n) is 5.79. The molecule has 2 fully saturated rings. The van der Waals surface area contributed by atoms with Crippen molar-refractivity contribution in [2.24, 2.45) is 22.5 Å². The maximum absolute atomic E-state index is 11.4. The van der Waals surface area contributed by atoms with E-state index in [0.29, 0.717) is 5.41 Å². The van der Waals surface area contributed by atoms with E-state index in [9.17, 15) is 4.79 Å². The zero-order valence-corrected chi connectivity index (χ0v) is 9.10. The molecule has 1 saturated heterocycles. The lowest BCUT2D eigenvalue weighted by Gasteiger charge is -2.29. The Morgan fingerprint density at radius 2 is 2.14 bits per heavy atom. The number of carbonyl (C=O) groups is 1. The van der Waals surface area contributed by atoms with Gasteiger partial charge in [-0.1, -0.05) is 13.8 Å². The second-order valence-corrected chi connectivity index (χ2v) is 5.79. The molecule has 2 rings (SSSR count). The highest BCUT2D eigenvalue weighted by molar-refractivity contribution is 5.78. The van der Waals surface area contributed by atoms with E-state index >= 15 is 0 Å². The van der Waals surface area contributed by atoms with Gasteiger partial charge in [0.15, 0.2) is 0 Å². The Hall–Kier alpha value is -0.570. The van der Waals surface area contributed by atoms with E-state index in [1.807, 2.05) is 0 Å². The van der Waals surface area contributed by atoms with Crippen LogP contribution >= 0.6 is 0 Å². The monoisotopic (exact) mass is 196 g/mol. The molecular formula is C11H20N2O. The number of amides is 1. The SMILES string of the molecule is CC1(C)CCC2(CNCC2C(N)=O)C1. The minimum Gasteiger partial charge on any atom is -0.369 e. The fourth-order valence-corrected chi connectivity index (χ4v) is 3.37. The van der Waals surface area contributed by atoms with Crippen molar-refractivity contribution in [1.29, 1.82) is 0 Å². The predicted octanol–water partition coefficient (Wildman–Crippen LogP) is 0.888. The lowest BCUT2D eigenvalue weighted by atomic mass is 9.74. The van der Waals surface area contributed by atoms with Crippen molar-refractivity contribution in [3.8, 4) is 0 Å². The van der Waals surface area contributed by atoms with Crippen molar-refractivity contribution >= 4 is 5.91 Å². The summed E-state index contributed by atoms with van der Waals surface area (Å²) in [4.78, 5) is 11.4. The zero-order valence-electron chi connectivity index (χ0n) is 9.10. The van der Waals surface area contributed by atoms with Gasteiger partial charge < -0.3 is 11.1 Å². The molecular weight excluding hydrogens is 176 g/mol. The van der Waals surface area contributed by atoms with Crippen LogP contribution in [0.1, 0.15) is 33.1 Å². The van der Waals surface area contributed by atoms with Gasteiger partial charge in [0, 0.05) is 13.1 Å². The molecule has 1 aliphatic heterocycles. The first-order valence-corrected chi connectivity index (χ1v) is 5.45. The third-order valence-corrected chi connectivity index (χ3v) is 4.04. The summed E-state index contributed by atoms with van der Waals surface area (Å²) in [7, 11) is 0. The first-order valence-electron chi connectivity index (χ1n) is 5.45. The number of nitrogens with one attached hydrogen (secondary N) is 1. The molecule has 3 N–H and O–H groups in total. The summed E-state index contributed by atoms with van der Waals surface area (Å²) in [6.45, 7) is 6.34. The average Bonchev–Trinajstić information content (AvgIpc) is 2.57. The molecule has 0 aromatic carbocycles. The van der Waals surface area contributed by atoms with Crippen LogP contribution in [0.25, 0.3) is 0 Å². The first-order chi connectivity index (χ1) is 6.45. The van der Waals surface area contributed by atoms with E-state index < -0.39 is 0 Å². The maximum atomic E-state index is 11.4. The van der Waals surface area contributed by atoms with E-state index in [-0.39, 0.29) is 17.2 Å². The van der Waals surface area contributed by atoms with Gasteiger partial charge in [0.1, 0.15) is 0 Å². The Kier molecular flexibility index (Phi) is 2.11. The summed E-state index contributed by atoms with van der Waals surface area (Å²) in [5.74, 6) is -0.0584. The number of hydrogen-bond donors (Lipinski definition) is 2. The molecule has 1 amide bonds. The minimum absolute atomic E-state index is 0.0595. The normalized spacial score (nSPS) is 40.6. The predicted molar refractivity (Wildman–Crippen MR) is 55.6 cm³/mol. The van der Waals surface area contributed by atoms with Crippen molar-refractivity contribution < 1.29 is 4.79 Å². The van der Waals surface area contributed by atoms with Crippen molar-refractivity contribution in [2.45, 2.75) is 33.1 Å². The van der Waals surface area contributed by atoms with Gasteiger partial charge in [0.05, 0.1) is 5.92 Å². The van der Waals surface area contributed by atoms with Crippen LogP contribution in [0.3, 0.4) is 0 Å². The highest BCUT2D eigenvalue weighted by atomic mass is 16.1. The van der Waals surface area contributed by atoms with Crippen LogP contribution in [0.4, 0.5) is 0 Å². The van der Waals surface area contributed by atoms with Crippen LogP contribution in [0.5, 0.6) is 0 Å². The summed E-state index contributed by atoms with van der Waals surface area (Å²) in [6.07, 6.45) is 3.51. The Bertz CT molecular complexity index is 262. The second kappa shape index (κ2) is 2.96. The fourth-order valence-electron chi connectivity index (χ4n) is 3.37. The van der Waals surface area contributed by atoms with Crippen molar-refractivity contribution in [3.63, 3.8) is 0 Å². The third kappa shape index (κ3) is 1.44. The van der Waals surface area contributed by atoms with Crippen molar-refractivity contribution in [3.05, 3.63) is 0 Å². The molecule has 1 spiro atoms. The Morgan fingerprint density at radius 3 is 2.64 bits per heavy atom. The minimum atomic E-state index is -0.118. The molecule has 1 aliphatic carbocycles. The zero-order chi connectivity index (χ0) is 10.4. The van der Waals surface area contributed by atoms with Gasteiger partial charge in [0.2, 0.25) is 5.91 Å². The summed E-state index contributed by atoms with van der Waals surface area (Å²) >= 11 is 0. The van der Waals surface area contributed by atoms with Crippen LogP contribution in [0.2, 0.25) is 0 Å². The van der Waals surface area contributed by atoms with Crippen LogP contribution in [0, 0.1) is 16.7 Å². The van der Waals surface area contributed by atoms with E-state index in [0.717, 1.165) is 25.9 Å². The van der Waals surface area contributed by atoms with Gasteiger partial charge in [-0.3, -0.25) is 4.79 Å². The molecule has 0 bridgehead atoms. The molecule has 3 heteroatoms. The lowest BCUT2D eigenvalue weighted by molar-refractivity contribution is -0.124. The molecule has 3 nitrogen and oxygen atoms in total. The maximum Gasteiger partial charge on any atom is 0.222 e. The van der Waals surface area contributed by atoms with Gasteiger partial charge in [-0.05, 0) is 30.1 Å².